The first-order valence-corrected chi connectivity index (χ1v) is 7.69. The summed E-state index contributed by atoms with van der Waals surface area (Å²) >= 11 is 0. The van der Waals surface area contributed by atoms with Gasteiger partial charge in [-0.3, -0.25) is 0 Å². The van der Waals surface area contributed by atoms with Gasteiger partial charge >= 0.3 is 0 Å². The lowest BCUT2D eigenvalue weighted by Crippen LogP contribution is -2.45. The second-order valence-electron chi connectivity index (χ2n) is 7.66. The van der Waals surface area contributed by atoms with Gasteiger partial charge in [0.1, 0.15) is 0 Å². The van der Waals surface area contributed by atoms with Crippen LogP contribution in [0.2, 0.25) is 0 Å². The maximum absolute atomic E-state index is 5.93. The molecule has 0 saturated heterocycles. The monoisotopic (exact) mass is 286 g/mol. The Morgan fingerprint density at radius 2 is 2.00 bits per heavy atom. The van der Waals surface area contributed by atoms with Crippen LogP contribution in [0, 0.1) is 16.7 Å². The van der Waals surface area contributed by atoms with Crippen LogP contribution in [-0.2, 0) is 0 Å². The highest BCUT2D eigenvalue weighted by atomic mass is 16.6. The van der Waals surface area contributed by atoms with Gasteiger partial charge in [0.25, 0.3) is 0 Å². The quantitative estimate of drug-likeness (QED) is 0.827. The van der Waals surface area contributed by atoms with Crippen LogP contribution in [0.15, 0.2) is 16.8 Å². The number of anilines is 2. The van der Waals surface area contributed by atoms with Crippen LogP contribution >= 0.6 is 0 Å². The third-order valence-corrected chi connectivity index (χ3v) is 6.02. The van der Waals surface area contributed by atoms with E-state index in [2.05, 4.69) is 36.4 Å². The summed E-state index contributed by atoms with van der Waals surface area (Å²) in [5, 5.41) is 11.7. The van der Waals surface area contributed by atoms with Crippen LogP contribution in [0.3, 0.4) is 0 Å². The highest BCUT2D eigenvalue weighted by molar-refractivity contribution is 5.95. The number of aromatic nitrogens is 2. The molecule has 4 rings (SSSR count). The number of rotatable bonds is 2. The lowest BCUT2D eigenvalue weighted by atomic mass is 9.68. The minimum Gasteiger partial charge on any atom is -0.397 e. The van der Waals surface area contributed by atoms with Crippen molar-refractivity contribution in [3.05, 3.63) is 12.1 Å². The van der Waals surface area contributed by atoms with Crippen molar-refractivity contribution in [1.29, 1.82) is 0 Å². The summed E-state index contributed by atoms with van der Waals surface area (Å²) < 4.78 is 4.87. The highest BCUT2D eigenvalue weighted by Gasteiger charge is 2.59. The molecular weight excluding hydrogens is 264 g/mol. The molecule has 0 spiro atoms. The molecule has 3 N–H and O–H groups in total. The highest BCUT2D eigenvalue weighted by Crippen LogP contribution is 2.63. The molecule has 1 heterocycles. The molecule has 21 heavy (non-hydrogen) atoms. The standard InChI is InChI=1S/C16H22N4O/c1-15(2)9-6-7-16(3,8-9)14(15)18-11-5-4-10(17)12-13(11)20-21-19-12/h4-5,9,14,18H,6-8,17H2,1-3H3. The number of nitrogens with one attached hydrogen (secondary N) is 1. The first kappa shape index (κ1) is 12.9. The van der Waals surface area contributed by atoms with E-state index in [1.54, 1.807) is 0 Å². The van der Waals surface area contributed by atoms with E-state index in [0.29, 0.717) is 22.7 Å². The summed E-state index contributed by atoms with van der Waals surface area (Å²) in [5.41, 5.74) is 9.54. The van der Waals surface area contributed by atoms with E-state index in [-0.39, 0.29) is 5.41 Å². The second-order valence-corrected chi connectivity index (χ2v) is 7.66. The van der Waals surface area contributed by atoms with Gasteiger partial charge in [0.05, 0.1) is 11.4 Å². The average molecular weight is 286 g/mol. The minimum absolute atomic E-state index is 0.290. The predicted octanol–water partition coefficient (Wildman–Crippen LogP) is 3.43. The van der Waals surface area contributed by atoms with Gasteiger partial charge in [-0.05, 0) is 58.5 Å². The molecule has 5 nitrogen and oxygen atoms in total. The molecule has 112 valence electrons. The van der Waals surface area contributed by atoms with Crippen LogP contribution < -0.4 is 11.1 Å². The summed E-state index contributed by atoms with van der Waals surface area (Å²) in [7, 11) is 0. The first-order valence-electron chi connectivity index (χ1n) is 7.69. The molecule has 1 aromatic heterocycles. The fraction of sp³-hybridized carbons (Fsp3) is 0.625. The lowest BCUT2D eigenvalue weighted by molar-refractivity contribution is 0.155. The van der Waals surface area contributed by atoms with E-state index in [1.165, 1.54) is 19.3 Å². The molecule has 3 unspecified atom stereocenters. The van der Waals surface area contributed by atoms with Crippen LogP contribution in [0.4, 0.5) is 11.4 Å². The smallest absolute Gasteiger partial charge is 0.160 e. The summed E-state index contributed by atoms with van der Waals surface area (Å²) in [4.78, 5) is 0. The second kappa shape index (κ2) is 3.90. The van der Waals surface area contributed by atoms with Crippen molar-refractivity contribution in [3.63, 3.8) is 0 Å². The molecule has 2 fully saturated rings. The largest absolute Gasteiger partial charge is 0.397 e. The van der Waals surface area contributed by atoms with Gasteiger partial charge in [-0.15, -0.1) is 0 Å². The number of hydrogen-bond acceptors (Lipinski definition) is 5. The molecule has 5 heteroatoms. The van der Waals surface area contributed by atoms with E-state index in [0.717, 1.165) is 17.1 Å². The van der Waals surface area contributed by atoms with Crippen LogP contribution in [0.25, 0.3) is 11.0 Å². The Morgan fingerprint density at radius 3 is 2.71 bits per heavy atom. The van der Waals surface area contributed by atoms with Gasteiger partial charge < -0.3 is 11.1 Å². The van der Waals surface area contributed by atoms with Gasteiger partial charge in [-0.25, -0.2) is 4.63 Å². The number of nitrogens with two attached hydrogens (primary N) is 1. The molecule has 3 atom stereocenters. The number of nitrogens with zero attached hydrogens (tertiary/aromatic N) is 2. The molecule has 2 aromatic rings. The lowest BCUT2D eigenvalue weighted by Gasteiger charge is -2.43. The Bertz CT molecular complexity index is 703. The maximum atomic E-state index is 5.93. The van der Waals surface area contributed by atoms with Crippen molar-refractivity contribution in [2.45, 2.75) is 46.1 Å². The fourth-order valence-corrected chi connectivity index (χ4v) is 4.82. The maximum Gasteiger partial charge on any atom is 0.160 e. The zero-order valence-corrected chi connectivity index (χ0v) is 12.8. The fourth-order valence-electron chi connectivity index (χ4n) is 4.82. The van der Waals surface area contributed by atoms with Crippen LogP contribution in [0.5, 0.6) is 0 Å². The van der Waals surface area contributed by atoms with Gasteiger partial charge in [0.2, 0.25) is 0 Å². The van der Waals surface area contributed by atoms with Gasteiger partial charge in [0, 0.05) is 6.04 Å². The third kappa shape index (κ3) is 1.63. The third-order valence-electron chi connectivity index (χ3n) is 6.02. The zero-order valence-electron chi connectivity index (χ0n) is 12.8. The van der Waals surface area contributed by atoms with Crippen LogP contribution in [0.1, 0.15) is 40.0 Å². The van der Waals surface area contributed by atoms with Crippen molar-refractivity contribution in [2.75, 3.05) is 11.1 Å². The van der Waals surface area contributed by atoms with Gasteiger partial charge in [-0.1, -0.05) is 20.8 Å². The Balaban J connectivity index is 1.75. The van der Waals surface area contributed by atoms with Crippen molar-refractivity contribution >= 4 is 22.4 Å². The Kier molecular flexibility index (Phi) is 2.40. The Hall–Kier alpha value is -1.78. The van der Waals surface area contributed by atoms with E-state index < -0.39 is 0 Å². The molecule has 2 bridgehead atoms. The van der Waals surface area contributed by atoms with Crippen molar-refractivity contribution in [2.24, 2.45) is 16.7 Å². The summed E-state index contributed by atoms with van der Waals surface area (Å²) in [6.45, 7) is 7.18. The average Bonchev–Trinajstić information content (AvgIpc) is 3.08. The summed E-state index contributed by atoms with van der Waals surface area (Å²) in [5.74, 6) is 0.805. The van der Waals surface area contributed by atoms with E-state index in [9.17, 15) is 0 Å². The van der Waals surface area contributed by atoms with E-state index >= 15 is 0 Å². The number of hydrogen-bond donors (Lipinski definition) is 2. The molecule has 2 aliphatic rings. The predicted molar refractivity (Wildman–Crippen MR) is 82.9 cm³/mol. The molecule has 2 aliphatic carbocycles. The summed E-state index contributed by atoms with van der Waals surface area (Å²) in [6.07, 6.45) is 3.96. The number of fused-ring (bicyclic) bond motifs is 3. The topological polar surface area (TPSA) is 77.0 Å². The molecule has 0 radical (unpaired) electrons. The Labute approximate surface area is 124 Å². The van der Waals surface area contributed by atoms with Crippen molar-refractivity contribution in [3.8, 4) is 0 Å². The minimum atomic E-state index is 0.290. The zero-order chi connectivity index (χ0) is 14.8. The SMILES string of the molecule is CC12CCC(C1)C(C)(C)C2Nc1ccc(N)c2nonc12. The van der Waals surface area contributed by atoms with E-state index in [1.807, 2.05) is 12.1 Å². The molecule has 2 saturated carbocycles. The van der Waals surface area contributed by atoms with Gasteiger partial charge in [-0.2, -0.15) is 0 Å². The van der Waals surface area contributed by atoms with Crippen LogP contribution in [-0.4, -0.2) is 16.4 Å². The number of nitrogen functional groups attached to an aromatic ring is 1. The Morgan fingerprint density at radius 1 is 1.24 bits per heavy atom. The van der Waals surface area contributed by atoms with Crippen molar-refractivity contribution < 1.29 is 4.63 Å². The van der Waals surface area contributed by atoms with Gasteiger partial charge in [0.15, 0.2) is 11.0 Å². The van der Waals surface area contributed by atoms with E-state index in [4.69, 9.17) is 10.4 Å². The normalized spacial score (nSPS) is 33.7. The number of benzene rings is 1. The first-order chi connectivity index (χ1) is 9.92. The molecule has 1 aromatic carbocycles. The van der Waals surface area contributed by atoms with Crippen molar-refractivity contribution in [1.82, 2.24) is 10.3 Å². The summed E-state index contributed by atoms with van der Waals surface area (Å²) in [6, 6.07) is 4.30. The molecular formula is C16H22N4O. The molecule has 0 aliphatic heterocycles. The molecule has 0 amide bonds.